The predicted octanol–water partition coefficient (Wildman–Crippen LogP) is 2.83. The van der Waals surface area contributed by atoms with Gasteiger partial charge in [0.1, 0.15) is 9.88 Å². The van der Waals surface area contributed by atoms with Gasteiger partial charge in [0.15, 0.2) is 0 Å². The fourth-order valence-electron chi connectivity index (χ4n) is 2.67. The molecule has 0 saturated heterocycles. The number of hydrogen-bond acceptors (Lipinski definition) is 3. The zero-order valence-corrected chi connectivity index (χ0v) is 14.4. The van der Waals surface area contributed by atoms with E-state index in [1.165, 1.54) is 12.1 Å². The summed E-state index contributed by atoms with van der Waals surface area (Å²) in [6.45, 7) is 4.15. The Morgan fingerprint density at radius 2 is 2.14 bits per heavy atom. The molecule has 1 atom stereocenters. The molecule has 0 spiro atoms. The number of halogens is 1. The van der Waals surface area contributed by atoms with E-state index in [1.807, 2.05) is 0 Å². The average Bonchev–Trinajstić information content (AvgIpc) is 2.67. The van der Waals surface area contributed by atoms with E-state index in [2.05, 4.69) is 18.6 Å². The lowest BCUT2D eigenvalue weighted by molar-refractivity contribution is 0.313. The van der Waals surface area contributed by atoms with E-state index in [0.717, 1.165) is 19.3 Å². The third-order valence-electron chi connectivity index (χ3n) is 4.06. The lowest BCUT2D eigenvalue weighted by atomic mass is 9.88. The van der Waals surface area contributed by atoms with Gasteiger partial charge in [0.2, 0.25) is 10.0 Å². The zero-order valence-electron chi connectivity index (χ0n) is 12.0. The van der Waals surface area contributed by atoms with E-state index in [4.69, 9.17) is 29.6 Å². The molecule has 21 heavy (non-hydrogen) atoms. The first-order chi connectivity index (χ1) is 9.63. The van der Waals surface area contributed by atoms with Gasteiger partial charge in [-0.25, -0.2) is 13.1 Å². The standard InChI is InChI=1S/C14H19ClN2O2S2/c1-14(2)7-3-4-12(14)17-21(18,19)11-6-5-9(13(16)20)8-10(11)15/h5-6,8,12,17H,3-4,7H2,1-2H3,(H2,16,20). The summed E-state index contributed by atoms with van der Waals surface area (Å²) in [4.78, 5) is 0.248. The Balaban J connectivity index is 2.30. The van der Waals surface area contributed by atoms with Gasteiger partial charge in [-0.05, 0) is 30.4 Å². The van der Waals surface area contributed by atoms with E-state index in [-0.39, 0.29) is 26.4 Å². The van der Waals surface area contributed by atoms with E-state index in [9.17, 15) is 8.42 Å². The van der Waals surface area contributed by atoms with Crippen molar-refractivity contribution in [1.29, 1.82) is 0 Å². The van der Waals surface area contributed by atoms with Crippen LogP contribution in [0.3, 0.4) is 0 Å². The molecule has 1 saturated carbocycles. The second-order valence-corrected chi connectivity index (χ2v) is 8.59. The molecule has 1 aliphatic carbocycles. The summed E-state index contributed by atoms with van der Waals surface area (Å²) >= 11 is 10.9. The molecule has 0 heterocycles. The van der Waals surface area contributed by atoms with Crippen molar-refractivity contribution < 1.29 is 8.42 Å². The van der Waals surface area contributed by atoms with Crippen LogP contribution in [0.2, 0.25) is 5.02 Å². The molecule has 0 radical (unpaired) electrons. The Kier molecular flexibility index (Phi) is 4.63. The normalized spacial score (nSPS) is 21.4. The van der Waals surface area contributed by atoms with Gasteiger partial charge in [-0.3, -0.25) is 0 Å². The molecule has 1 aromatic rings. The monoisotopic (exact) mass is 346 g/mol. The fourth-order valence-corrected chi connectivity index (χ4v) is 4.78. The number of sulfonamides is 1. The average molecular weight is 347 g/mol. The van der Waals surface area contributed by atoms with Crippen LogP contribution >= 0.6 is 23.8 Å². The van der Waals surface area contributed by atoms with Crippen LogP contribution in [0.5, 0.6) is 0 Å². The SMILES string of the molecule is CC1(C)CCCC1NS(=O)(=O)c1ccc(C(N)=S)cc1Cl. The van der Waals surface area contributed by atoms with Crippen molar-refractivity contribution in [2.75, 3.05) is 0 Å². The number of benzene rings is 1. The van der Waals surface area contributed by atoms with Crippen molar-refractivity contribution in [3.8, 4) is 0 Å². The summed E-state index contributed by atoms with van der Waals surface area (Å²) in [7, 11) is -3.65. The van der Waals surface area contributed by atoms with Crippen molar-refractivity contribution in [1.82, 2.24) is 4.72 Å². The molecule has 0 aliphatic heterocycles. The predicted molar refractivity (Wildman–Crippen MR) is 89.1 cm³/mol. The van der Waals surface area contributed by atoms with Gasteiger partial charge in [-0.1, -0.05) is 50.2 Å². The second kappa shape index (κ2) is 5.83. The van der Waals surface area contributed by atoms with Gasteiger partial charge >= 0.3 is 0 Å². The first-order valence-electron chi connectivity index (χ1n) is 6.75. The summed E-state index contributed by atoms with van der Waals surface area (Å²) in [5.41, 5.74) is 6.02. The van der Waals surface area contributed by atoms with Crippen molar-refractivity contribution in [2.24, 2.45) is 11.1 Å². The minimum atomic E-state index is -3.65. The Labute approximate surface area is 136 Å². The number of nitrogens with one attached hydrogen (secondary N) is 1. The van der Waals surface area contributed by atoms with Crippen LogP contribution in [0.1, 0.15) is 38.7 Å². The van der Waals surface area contributed by atoms with Gasteiger partial charge < -0.3 is 5.73 Å². The minimum Gasteiger partial charge on any atom is -0.389 e. The molecule has 1 unspecified atom stereocenters. The molecule has 0 aromatic heterocycles. The highest BCUT2D eigenvalue weighted by molar-refractivity contribution is 7.89. The highest BCUT2D eigenvalue weighted by Crippen LogP contribution is 2.38. The molecule has 2 rings (SSSR count). The van der Waals surface area contributed by atoms with Gasteiger partial charge in [-0.2, -0.15) is 0 Å². The fraction of sp³-hybridized carbons (Fsp3) is 0.500. The molecule has 1 aliphatic rings. The number of thiocarbonyl (C=S) groups is 1. The molecule has 0 amide bonds. The molecular formula is C14H19ClN2O2S2. The molecule has 0 bridgehead atoms. The van der Waals surface area contributed by atoms with Crippen LogP contribution in [-0.4, -0.2) is 19.4 Å². The van der Waals surface area contributed by atoms with Crippen LogP contribution in [0.4, 0.5) is 0 Å². The van der Waals surface area contributed by atoms with Crippen LogP contribution < -0.4 is 10.5 Å². The van der Waals surface area contributed by atoms with E-state index >= 15 is 0 Å². The van der Waals surface area contributed by atoms with Crippen LogP contribution in [0, 0.1) is 5.41 Å². The van der Waals surface area contributed by atoms with Gasteiger partial charge in [0.05, 0.1) is 5.02 Å². The van der Waals surface area contributed by atoms with Crippen molar-refractivity contribution >= 4 is 38.8 Å². The summed E-state index contributed by atoms with van der Waals surface area (Å²) in [6, 6.07) is 4.43. The van der Waals surface area contributed by atoms with E-state index in [0.29, 0.717) is 5.56 Å². The third-order valence-corrected chi connectivity index (χ3v) is 6.25. The summed E-state index contributed by atoms with van der Waals surface area (Å²) in [5.74, 6) is 0. The summed E-state index contributed by atoms with van der Waals surface area (Å²) in [5, 5.41) is 0.128. The van der Waals surface area contributed by atoms with Crippen LogP contribution in [0.25, 0.3) is 0 Å². The van der Waals surface area contributed by atoms with Gasteiger partial charge in [-0.15, -0.1) is 0 Å². The first-order valence-corrected chi connectivity index (χ1v) is 9.02. The summed E-state index contributed by atoms with van der Waals surface area (Å²) in [6.07, 6.45) is 2.87. The van der Waals surface area contributed by atoms with Gasteiger partial charge in [0.25, 0.3) is 0 Å². The van der Waals surface area contributed by atoms with Crippen LogP contribution in [0.15, 0.2) is 23.1 Å². The maximum Gasteiger partial charge on any atom is 0.242 e. The van der Waals surface area contributed by atoms with Crippen molar-refractivity contribution in [2.45, 2.75) is 44.0 Å². The number of rotatable bonds is 4. The zero-order chi connectivity index (χ0) is 15.8. The highest BCUT2D eigenvalue weighted by Gasteiger charge is 2.37. The number of nitrogens with two attached hydrogens (primary N) is 1. The lowest BCUT2D eigenvalue weighted by Gasteiger charge is -2.27. The first kappa shape index (κ1) is 16.7. The maximum atomic E-state index is 12.5. The van der Waals surface area contributed by atoms with Crippen molar-refractivity contribution in [3.63, 3.8) is 0 Å². The highest BCUT2D eigenvalue weighted by atomic mass is 35.5. The maximum absolute atomic E-state index is 12.5. The Morgan fingerprint density at radius 1 is 1.48 bits per heavy atom. The van der Waals surface area contributed by atoms with Crippen molar-refractivity contribution in [3.05, 3.63) is 28.8 Å². The topological polar surface area (TPSA) is 72.2 Å². The molecule has 3 N–H and O–H groups in total. The third kappa shape index (κ3) is 3.56. The Hall–Kier alpha value is -0.690. The van der Waals surface area contributed by atoms with Crippen LogP contribution in [-0.2, 0) is 10.0 Å². The molecular weight excluding hydrogens is 328 g/mol. The quantitative estimate of drug-likeness (QED) is 0.822. The molecule has 1 fully saturated rings. The molecule has 4 nitrogen and oxygen atoms in total. The minimum absolute atomic E-state index is 0.0433. The molecule has 7 heteroatoms. The van der Waals surface area contributed by atoms with E-state index in [1.54, 1.807) is 6.07 Å². The summed E-state index contributed by atoms with van der Waals surface area (Å²) < 4.78 is 27.8. The molecule has 116 valence electrons. The number of hydrogen-bond donors (Lipinski definition) is 2. The molecule has 1 aromatic carbocycles. The second-order valence-electron chi connectivity index (χ2n) is 6.06. The largest absolute Gasteiger partial charge is 0.389 e. The van der Waals surface area contributed by atoms with E-state index < -0.39 is 10.0 Å². The lowest BCUT2D eigenvalue weighted by Crippen LogP contribution is -2.41. The van der Waals surface area contributed by atoms with Gasteiger partial charge in [0, 0.05) is 11.6 Å². The smallest absolute Gasteiger partial charge is 0.242 e. The Morgan fingerprint density at radius 3 is 2.62 bits per heavy atom. The Bertz CT molecular complexity index is 672.